The normalized spacial score (nSPS) is 25.9. The van der Waals surface area contributed by atoms with Crippen LogP contribution < -0.4 is 5.32 Å². The Morgan fingerprint density at radius 3 is 2.56 bits per heavy atom. The molecule has 3 heteroatoms. The summed E-state index contributed by atoms with van der Waals surface area (Å²) in [6, 6.07) is 1.30. The van der Waals surface area contributed by atoms with Crippen molar-refractivity contribution in [2.75, 3.05) is 26.7 Å². The van der Waals surface area contributed by atoms with Crippen LogP contribution in [0, 0.1) is 0 Å². The second-order valence-corrected chi connectivity index (χ2v) is 4.88. The highest BCUT2D eigenvalue weighted by Gasteiger charge is 2.27. The lowest BCUT2D eigenvalue weighted by Crippen LogP contribution is -2.42. The van der Waals surface area contributed by atoms with Crippen molar-refractivity contribution in [3.8, 4) is 0 Å². The van der Waals surface area contributed by atoms with Gasteiger partial charge in [0.1, 0.15) is 0 Å². The molecule has 3 nitrogen and oxygen atoms in total. The highest BCUT2D eigenvalue weighted by molar-refractivity contribution is 4.80. The predicted molar refractivity (Wildman–Crippen MR) is 68.8 cm³/mol. The van der Waals surface area contributed by atoms with Crippen LogP contribution in [0.15, 0.2) is 0 Å². The maximum absolute atomic E-state index is 5.59. The fraction of sp³-hybridized carbons (Fsp3) is 1.00. The van der Waals surface area contributed by atoms with Gasteiger partial charge in [-0.25, -0.2) is 0 Å². The molecule has 2 atom stereocenters. The molecule has 16 heavy (non-hydrogen) atoms. The fourth-order valence-electron chi connectivity index (χ4n) is 2.49. The first-order valence-corrected chi connectivity index (χ1v) is 6.74. The van der Waals surface area contributed by atoms with Gasteiger partial charge in [-0.05, 0) is 33.2 Å². The van der Waals surface area contributed by atoms with E-state index in [4.69, 9.17) is 4.74 Å². The smallest absolute Gasteiger partial charge is 0.0702 e. The Bertz CT molecular complexity index is 183. The summed E-state index contributed by atoms with van der Waals surface area (Å²) >= 11 is 0. The Morgan fingerprint density at radius 1 is 1.38 bits per heavy atom. The number of likely N-dealkylation sites (N-methyl/N-ethyl adjacent to an activating group) is 1. The number of nitrogens with one attached hydrogen (secondary N) is 1. The van der Waals surface area contributed by atoms with E-state index in [1.165, 1.54) is 19.3 Å². The third kappa shape index (κ3) is 4.04. The molecule has 1 heterocycles. The first-order chi connectivity index (χ1) is 7.69. The Morgan fingerprint density at radius 2 is 2.06 bits per heavy atom. The van der Waals surface area contributed by atoms with Gasteiger partial charge in [-0.2, -0.15) is 0 Å². The maximum Gasteiger partial charge on any atom is 0.0702 e. The fourth-order valence-corrected chi connectivity index (χ4v) is 2.49. The first-order valence-electron chi connectivity index (χ1n) is 6.74. The number of hydrogen-bond donors (Lipinski definition) is 1. The molecule has 1 rings (SSSR count). The molecule has 0 aromatic heterocycles. The summed E-state index contributed by atoms with van der Waals surface area (Å²) in [5, 5.41) is 3.61. The van der Waals surface area contributed by atoms with E-state index in [0.29, 0.717) is 18.2 Å². The molecular formula is C13H28N2O. The van der Waals surface area contributed by atoms with Gasteiger partial charge in [0, 0.05) is 31.8 Å². The molecule has 0 aromatic rings. The quantitative estimate of drug-likeness (QED) is 0.720. The molecule has 0 saturated carbocycles. The van der Waals surface area contributed by atoms with Crippen molar-refractivity contribution in [2.24, 2.45) is 0 Å². The lowest BCUT2D eigenvalue weighted by atomic mass is 10.1. The van der Waals surface area contributed by atoms with E-state index in [2.05, 4.69) is 38.0 Å². The summed E-state index contributed by atoms with van der Waals surface area (Å²) in [6.07, 6.45) is 4.03. The van der Waals surface area contributed by atoms with Crippen LogP contribution in [0.4, 0.5) is 0 Å². The summed E-state index contributed by atoms with van der Waals surface area (Å²) < 4.78 is 5.59. The van der Waals surface area contributed by atoms with Crippen molar-refractivity contribution in [3.05, 3.63) is 0 Å². The Hall–Kier alpha value is -0.120. The molecule has 0 bridgehead atoms. The van der Waals surface area contributed by atoms with E-state index in [-0.39, 0.29) is 0 Å². The molecule has 1 aliphatic heterocycles. The largest absolute Gasteiger partial charge is 0.377 e. The van der Waals surface area contributed by atoms with Gasteiger partial charge in [0.15, 0.2) is 0 Å². The zero-order chi connectivity index (χ0) is 12.0. The van der Waals surface area contributed by atoms with Crippen molar-refractivity contribution >= 4 is 0 Å². The maximum atomic E-state index is 5.59. The monoisotopic (exact) mass is 228 g/mol. The van der Waals surface area contributed by atoms with Crippen molar-refractivity contribution in [1.82, 2.24) is 10.2 Å². The molecule has 1 aliphatic rings. The van der Waals surface area contributed by atoms with Crippen LogP contribution in [-0.2, 0) is 4.74 Å². The molecule has 0 aromatic carbocycles. The predicted octanol–water partition coefficient (Wildman–Crippen LogP) is 1.87. The number of hydrogen-bond acceptors (Lipinski definition) is 3. The minimum atomic E-state index is 0.401. The minimum absolute atomic E-state index is 0.401. The van der Waals surface area contributed by atoms with E-state index in [9.17, 15) is 0 Å². The highest BCUT2D eigenvalue weighted by Crippen LogP contribution is 2.17. The first kappa shape index (κ1) is 13.9. The van der Waals surface area contributed by atoms with Crippen LogP contribution >= 0.6 is 0 Å². The number of ether oxygens (including phenoxy) is 1. The lowest BCUT2D eigenvalue weighted by molar-refractivity contribution is 0.0837. The highest BCUT2D eigenvalue weighted by atomic mass is 16.5. The van der Waals surface area contributed by atoms with Crippen LogP contribution in [0.5, 0.6) is 0 Å². The van der Waals surface area contributed by atoms with Gasteiger partial charge in [0.2, 0.25) is 0 Å². The molecular weight excluding hydrogens is 200 g/mol. The molecule has 1 saturated heterocycles. The van der Waals surface area contributed by atoms with Gasteiger partial charge in [-0.3, -0.25) is 4.90 Å². The molecule has 1 fully saturated rings. The summed E-state index contributed by atoms with van der Waals surface area (Å²) in [6.45, 7) is 9.81. The average molecular weight is 228 g/mol. The molecule has 0 aliphatic carbocycles. The van der Waals surface area contributed by atoms with E-state index in [0.717, 1.165) is 19.7 Å². The lowest BCUT2D eigenvalue weighted by Gasteiger charge is -2.27. The average Bonchev–Trinajstić information content (AvgIpc) is 2.70. The summed E-state index contributed by atoms with van der Waals surface area (Å²) in [5.41, 5.74) is 0. The summed E-state index contributed by atoms with van der Waals surface area (Å²) in [7, 11) is 2.21. The van der Waals surface area contributed by atoms with Gasteiger partial charge >= 0.3 is 0 Å². The van der Waals surface area contributed by atoms with Crippen LogP contribution in [0.2, 0.25) is 0 Å². The van der Waals surface area contributed by atoms with E-state index < -0.39 is 0 Å². The van der Waals surface area contributed by atoms with Crippen molar-refractivity contribution in [1.29, 1.82) is 0 Å². The molecule has 1 N–H and O–H groups in total. The van der Waals surface area contributed by atoms with Crippen molar-refractivity contribution in [3.63, 3.8) is 0 Å². The van der Waals surface area contributed by atoms with Gasteiger partial charge in [0.05, 0.1) is 6.10 Å². The van der Waals surface area contributed by atoms with E-state index in [1.54, 1.807) is 0 Å². The number of rotatable bonds is 7. The summed E-state index contributed by atoms with van der Waals surface area (Å²) in [4.78, 5) is 2.44. The van der Waals surface area contributed by atoms with Crippen molar-refractivity contribution < 1.29 is 4.74 Å². The SMILES string of the molecule is CCC(CC)NCCN(C)C1CCOC1C. The Balaban J connectivity index is 2.16. The van der Waals surface area contributed by atoms with Gasteiger partial charge in [-0.1, -0.05) is 13.8 Å². The second-order valence-electron chi connectivity index (χ2n) is 4.88. The molecule has 96 valence electrons. The summed E-state index contributed by atoms with van der Waals surface area (Å²) in [5.74, 6) is 0. The number of nitrogens with zero attached hydrogens (tertiary/aromatic N) is 1. The van der Waals surface area contributed by atoms with Crippen LogP contribution in [-0.4, -0.2) is 49.8 Å². The minimum Gasteiger partial charge on any atom is -0.377 e. The van der Waals surface area contributed by atoms with Crippen LogP contribution in [0.3, 0.4) is 0 Å². The molecule has 0 spiro atoms. The van der Waals surface area contributed by atoms with Crippen LogP contribution in [0.1, 0.15) is 40.0 Å². The third-order valence-corrected chi connectivity index (χ3v) is 3.79. The van der Waals surface area contributed by atoms with E-state index in [1.807, 2.05) is 0 Å². The zero-order valence-electron chi connectivity index (χ0n) is 11.3. The van der Waals surface area contributed by atoms with E-state index >= 15 is 0 Å². The Kier molecular flexibility index (Phi) is 6.32. The molecule has 2 unspecified atom stereocenters. The van der Waals surface area contributed by atoms with Crippen molar-refractivity contribution in [2.45, 2.75) is 58.2 Å². The third-order valence-electron chi connectivity index (χ3n) is 3.79. The second kappa shape index (κ2) is 7.25. The van der Waals surface area contributed by atoms with Gasteiger partial charge in [-0.15, -0.1) is 0 Å². The zero-order valence-corrected chi connectivity index (χ0v) is 11.3. The standard InChI is InChI=1S/C13H28N2O/c1-5-12(6-2)14-8-9-15(4)13-7-10-16-11(13)3/h11-14H,5-10H2,1-4H3. The van der Waals surface area contributed by atoms with Gasteiger partial charge < -0.3 is 10.1 Å². The molecule has 0 amide bonds. The van der Waals surface area contributed by atoms with Gasteiger partial charge in [0.25, 0.3) is 0 Å². The topological polar surface area (TPSA) is 24.5 Å². The molecule has 0 radical (unpaired) electrons. The Labute approximate surface area is 101 Å². The van der Waals surface area contributed by atoms with Crippen LogP contribution in [0.25, 0.3) is 0 Å².